The molecule has 0 amide bonds. The van der Waals surface area contributed by atoms with E-state index in [1.807, 2.05) is 36.4 Å². The van der Waals surface area contributed by atoms with Gasteiger partial charge in [0.25, 0.3) is 0 Å². The summed E-state index contributed by atoms with van der Waals surface area (Å²) in [6.45, 7) is 3.91. The molecule has 5 heteroatoms. The summed E-state index contributed by atoms with van der Waals surface area (Å²) in [4.78, 5) is 4.54. The number of ether oxygens (including phenoxy) is 1. The van der Waals surface area contributed by atoms with Gasteiger partial charge in [-0.1, -0.05) is 48.2 Å². The summed E-state index contributed by atoms with van der Waals surface area (Å²) in [5.41, 5.74) is 9.48. The van der Waals surface area contributed by atoms with Crippen LogP contribution < -0.4 is 15.8 Å². The lowest BCUT2D eigenvalue weighted by Crippen LogP contribution is -2.34. The van der Waals surface area contributed by atoms with Crippen LogP contribution in [0, 0.1) is 11.8 Å². The lowest BCUT2D eigenvalue weighted by molar-refractivity contribution is 0.143. The number of fused-ring (bicyclic) bond motifs is 4. The molecule has 1 spiro atoms. The van der Waals surface area contributed by atoms with E-state index in [0.717, 1.165) is 28.0 Å². The third kappa shape index (κ3) is 3.41. The van der Waals surface area contributed by atoms with E-state index in [-0.39, 0.29) is 0 Å². The highest BCUT2D eigenvalue weighted by molar-refractivity contribution is 5.70. The van der Waals surface area contributed by atoms with Crippen molar-refractivity contribution in [1.29, 1.82) is 0 Å². The number of nitrogens with zero attached hydrogens (tertiary/aromatic N) is 1. The van der Waals surface area contributed by atoms with Crippen molar-refractivity contribution >= 4 is 0 Å². The predicted octanol–water partition coefficient (Wildman–Crippen LogP) is 3.67. The number of hydrogen-bond acceptors (Lipinski definition) is 5. The highest BCUT2D eigenvalue weighted by Crippen LogP contribution is 2.50. The molecule has 3 heterocycles. The molecule has 5 rings (SSSR count). The van der Waals surface area contributed by atoms with Crippen LogP contribution in [0.15, 0.2) is 72.7 Å². The third-order valence-corrected chi connectivity index (χ3v) is 5.59. The van der Waals surface area contributed by atoms with Gasteiger partial charge in [0.15, 0.2) is 0 Å². The van der Waals surface area contributed by atoms with Crippen LogP contribution in [0.1, 0.15) is 30.5 Å². The van der Waals surface area contributed by atoms with Gasteiger partial charge in [-0.2, -0.15) is 0 Å². The number of nitrogens with one attached hydrogen (secondary N) is 1. The zero-order chi connectivity index (χ0) is 21.6. The van der Waals surface area contributed by atoms with E-state index in [4.69, 9.17) is 10.5 Å². The number of rotatable bonds is 1. The van der Waals surface area contributed by atoms with Crippen molar-refractivity contribution < 1.29 is 9.84 Å². The maximum atomic E-state index is 9.97. The Bertz CT molecular complexity index is 1260. The lowest BCUT2D eigenvalue weighted by Gasteiger charge is -2.35. The Kier molecular flexibility index (Phi) is 4.28. The van der Waals surface area contributed by atoms with E-state index in [1.165, 1.54) is 0 Å². The zero-order valence-electron chi connectivity index (χ0n) is 17.4. The molecule has 2 aliphatic rings. The van der Waals surface area contributed by atoms with Crippen LogP contribution in [0.4, 0.5) is 0 Å². The molecule has 0 unspecified atom stereocenters. The van der Waals surface area contributed by atoms with Gasteiger partial charge in [0.2, 0.25) is 5.88 Å². The van der Waals surface area contributed by atoms with E-state index < -0.39 is 11.0 Å². The summed E-state index contributed by atoms with van der Waals surface area (Å²) in [7, 11) is 0. The quantitative estimate of drug-likeness (QED) is 0.535. The van der Waals surface area contributed by atoms with Crippen LogP contribution in [0.2, 0.25) is 0 Å². The Morgan fingerprint density at radius 1 is 1.10 bits per heavy atom. The Labute approximate surface area is 181 Å². The zero-order valence-corrected chi connectivity index (χ0v) is 17.4. The van der Waals surface area contributed by atoms with E-state index in [1.54, 1.807) is 20.0 Å². The number of aromatic nitrogens is 1. The molecule has 0 saturated carbocycles. The highest BCUT2D eigenvalue weighted by atomic mass is 16.5. The smallest absolute Gasteiger partial charge is 0.223 e. The fourth-order valence-corrected chi connectivity index (χ4v) is 4.13. The van der Waals surface area contributed by atoms with Crippen molar-refractivity contribution in [2.45, 2.75) is 24.9 Å². The molecule has 31 heavy (non-hydrogen) atoms. The molecule has 0 bridgehead atoms. The third-order valence-electron chi connectivity index (χ3n) is 5.59. The molecule has 3 aromatic rings. The van der Waals surface area contributed by atoms with Gasteiger partial charge in [0.05, 0.1) is 11.2 Å². The fourth-order valence-electron chi connectivity index (χ4n) is 4.13. The van der Waals surface area contributed by atoms with Gasteiger partial charge in [0.1, 0.15) is 11.4 Å². The number of nitrogens with two attached hydrogens (primary N) is 1. The Balaban J connectivity index is 1.69. The fraction of sp³-hybridized carbons (Fsp3) is 0.192. The molecule has 4 N–H and O–H groups in total. The van der Waals surface area contributed by atoms with Crippen molar-refractivity contribution in [3.63, 3.8) is 0 Å². The highest BCUT2D eigenvalue weighted by Gasteiger charge is 2.44. The molecule has 1 aromatic heterocycles. The lowest BCUT2D eigenvalue weighted by atomic mass is 9.73. The maximum absolute atomic E-state index is 9.97. The number of benzene rings is 2. The van der Waals surface area contributed by atoms with Crippen molar-refractivity contribution in [3.8, 4) is 34.6 Å². The number of aliphatic hydroxyl groups is 1. The second-order valence-corrected chi connectivity index (χ2v) is 8.49. The average molecular weight is 409 g/mol. The standard InChI is InChI=1S/C26H23N3O2/c1-25(2,30)11-10-17-12-21-24(28-15-17)31-22-9-8-19(18-6-4-3-5-7-18)13-20(22)26(21)14-23(27)29-16-26/h3-9,12-15,29-30H,16,27H2,1-2H3/t26-/m0/s1. The summed E-state index contributed by atoms with van der Waals surface area (Å²) in [6.07, 6.45) is 3.71. The van der Waals surface area contributed by atoms with E-state index in [2.05, 4.69) is 46.4 Å². The van der Waals surface area contributed by atoms with Gasteiger partial charge in [-0.3, -0.25) is 0 Å². The first-order valence-corrected chi connectivity index (χ1v) is 10.2. The van der Waals surface area contributed by atoms with E-state index >= 15 is 0 Å². The molecule has 2 aromatic carbocycles. The number of pyridine rings is 1. The van der Waals surface area contributed by atoms with E-state index in [9.17, 15) is 5.11 Å². The van der Waals surface area contributed by atoms with Gasteiger partial charge in [-0.15, -0.1) is 0 Å². The van der Waals surface area contributed by atoms with Crippen molar-refractivity contribution in [1.82, 2.24) is 10.3 Å². The molecule has 0 aliphatic carbocycles. The minimum absolute atomic E-state index is 0.517. The van der Waals surface area contributed by atoms with Gasteiger partial charge in [-0.05, 0) is 49.2 Å². The van der Waals surface area contributed by atoms with Crippen LogP contribution >= 0.6 is 0 Å². The predicted molar refractivity (Wildman–Crippen MR) is 120 cm³/mol. The normalized spacial score (nSPS) is 18.7. The monoisotopic (exact) mass is 409 g/mol. The van der Waals surface area contributed by atoms with Crippen LogP contribution in [0.3, 0.4) is 0 Å². The van der Waals surface area contributed by atoms with Gasteiger partial charge < -0.3 is 20.9 Å². The molecule has 2 aliphatic heterocycles. The SMILES string of the molecule is CC(C)(O)C#Cc1cnc2c(c1)[C@]1(C=C(N)NC1)c1cc(-c3ccccc3)ccc1O2. The first kappa shape index (κ1) is 19.2. The molecule has 0 saturated heterocycles. The molecule has 154 valence electrons. The summed E-state index contributed by atoms with van der Waals surface area (Å²) in [5, 5.41) is 13.2. The largest absolute Gasteiger partial charge is 0.438 e. The Hall–Kier alpha value is -3.75. The minimum Gasteiger partial charge on any atom is -0.438 e. The summed E-state index contributed by atoms with van der Waals surface area (Å²) >= 11 is 0. The second kappa shape index (κ2) is 6.90. The molecular formula is C26H23N3O2. The minimum atomic E-state index is -1.08. The number of hydrogen-bond donors (Lipinski definition) is 3. The van der Waals surface area contributed by atoms with Gasteiger partial charge >= 0.3 is 0 Å². The van der Waals surface area contributed by atoms with Crippen molar-refractivity contribution in [3.05, 3.63) is 89.4 Å². The topological polar surface area (TPSA) is 80.4 Å². The Morgan fingerprint density at radius 3 is 2.61 bits per heavy atom. The van der Waals surface area contributed by atoms with Crippen LogP contribution in [0.5, 0.6) is 11.6 Å². The summed E-state index contributed by atoms with van der Waals surface area (Å²) < 4.78 is 6.18. The van der Waals surface area contributed by atoms with Gasteiger partial charge in [0, 0.05) is 29.4 Å². The summed E-state index contributed by atoms with van der Waals surface area (Å²) in [6, 6.07) is 18.5. The first-order valence-electron chi connectivity index (χ1n) is 10.2. The van der Waals surface area contributed by atoms with Crippen molar-refractivity contribution in [2.24, 2.45) is 5.73 Å². The molecular weight excluding hydrogens is 386 g/mol. The molecule has 1 atom stereocenters. The second-order valence-electron chi connectivity index (χ2n) is 8.49. The van der Waals surface area contributed by atoms with Crippen molar-refractivity contribution in [2.75, 3.05) is 6.54 Å². The first-order chi connectivity index (χ1) is 14.8. The van der Waals surface area contributed by atoms with E-state index in [0.29, 0.717) is 23.8 Å². The van der Waals surface area contributed by atoms with Crippen LogP contribution in [-0.4, -0.2) is 22.2 Å². The summed E-state index contributed by atoms with van der Waals surface area (Å²) in [5.74, 6) is 7.81. The molecule has 0 fully saturated rings. The van der Waals surface area contributed by atoms with Crippen LogP contribution in [0.25, 0.3) is 11.1 Å². The maximum Gasteiger partial charge on any atom is 0.223 e. The van der Waals surface area contributed by atoms with Gasteiger partial charge in [-0.25, -0.2) is 4.98 Å². The Morgan fingerprint density at radius 2 is 1.90 bits per heavy atom. The molecule has 5 nitrogen and oxygen atoms in total. The van der Waals surface area contributed by atoms with Crippen LogP contribution in [-0.2, 0) is 5.41 Å². The molecule has 0 radical (unpaired) electrons. The average Bonchev–Trinajstić information content (AvgIpc) is 3.15.